The van der Waals surface area contributed by atoms with Crippen molar-refractivity contribution in [3.63, 3.8) is 0 Å². The number of rotatable bonds is 3. The molecule has 144 valence electrons. The number of amides is 1. The zero-order valence-corrected chi connectivity index (χ0v) is 15.9. The molecular weight excluding hydrogens is 395 g/mol. The van der Waals surface area contributed by atoms with Gasteiger partial charge in [-0.2, -0.15) is 0 Å². The average molecular weight is 408 g/mol. The van der Waals surface area contributed by atoms with Crippen LogP contribution < -0.4 is 10.3 Å². The zero-order chi connectivity index (χ0) is 20.1. The third kappa shape index (κ3) is 2.65. The quantitative estimate of drug-likeness (QED) is 0.516. The summed E-state index contributed by atoms with van der Waals surface area (Å²) in [5, 5.41) is 9.44. The highest BCUT2D eigenvalue weighted by molar-refractivity contribution is 7.15. The van der Waals surface area contributed by atoms with Crippen LogP contribution in [0.1, 0.15) is 39.7 Å². The van der Waals surface area contributed by atoms with Crippen molar-refractivity contribution in [3.8, 4) is 0 Å². The van der Waals surface area contributed by atoms with Crippen molar-refractivity contribution in [1.29, 1.82) is 0 Å². The molecule has 1 unspecified atom stereocenters. The normalized spacial score (nSPS) is 15.9. The van der Waals surface area contributed by atoms with Crippen LogP contribution in [0.15, 0.2) is 51.9 Å². The van der Waals surface area contributed by atoms with E-state index in [-0.39, 0.29) is 22.3 Å². The molecule has 0 saturated heterocycles. The van der Waals surface area contributed by atoms with Crippen molar-refractivity contribution in [1.82, 2.24) is 15.2 Å². The van der Waals surface area contributed by atoms with Crippen molar-refractivity contribution >= 4 is 33.3 Å². The number of carbonyl (C=O) groups excluding carboxylic acids is 1. The van der Waals surface area contributed by atoms with Crippen molar-refractivity contribution in [2.45, 2.75) is 19.4 Å². The molecule has 0 saturated carbocycles. The second-order valence-corrected chi connectivity index (χ2v) is 7.55. The van der Waals surface area contributed by atoms with Crippen LogP contribution in [0.25, 0.3) is 11.0 Å². The highest BCUT2D eigenvalue weighted by Gasteiger charge is 2.45. The summed E-state index contributed by atoms with van der Waals surface area (Å²) in [6.45, 7) is 1.94. The molecule has 3 aromatic heterocycles. The fourth-order valence-corrected chi connectivity index (χ4v) is 4.29. The lowest BCUT2D eigenvalue weighted by Crippen LogP contribution is -2.29. The highest BCUT2D eigenvalue weighted by atomic mass is 32.1. The first-order valence-electron chi connectivity index (χ1n) is 8.90. The summed E-state index contributed by atoms with van der Waals surface area (Å²) in [5.41, 5.74) is 0.470. The van der Waals surface area contributed by atoms with Crippen molar-refractivity contribution in [2.75, 3.05) is 4.90 Å². The Morgan fingerprint density at radius 1 is 1.24 bits per heavy atom. The monoisotopic (exact) mass is 408 g/mol. The van der Waals surface area contributed by atoms with Gasteiger partial charge in [0.2, 0.25) is 10.9 Å². The van der Waals surface area contributed by atoms with E-state index in [4.69, 9.17) is 4.42 Å². The molecule has 0 bridgehead atoms. The third-order valence-electron chi connectivity index (χ3n) is 4.80. The number of anilines is 1. The summed E-state index contributed by atoms with van der Waals surface area (Å²) in [5.74, 6) is -1.12. The number of hydrogen-bond acceptors (Lipinski definition) is 7. The molecule has 5 rings (SSSR count). The molecule has 4 aromatic rings. The van der Waals surface area contributed by atoms with Crippen molar-refractivity contribution in [2.24, 2.45) is 0 Å². The first kappa shape index (κ1) is 17.6. The van der Waals surface area contributed by atoms with Crippen LogP contribution in [-0.2, 0) is 6.42 Å². The predicted octanol–water partition coefficient (Wildman–Crippen LogP) is 3.49. The van der Waals surface area contributed by atoms with Gasteiger partial charge in [0.25, 0.3) is 5.91 Å². The highest BCUT2D eigenvalue weighted by Crippen LogP contribution is 2.41. The Morgan fingerprint density at radius 2 is 2.10 bits per heavy atom. The van der Waals surface area contributed by atoms with Gasteiger partial charge in [0.1, 0.15) is 16.4 Å². The third-order valence-corrected chi connectivity index (χ3v) is 5.86. The number of benzene rings is 1. The van der Waals surface area contributed by atoms with Crippen LogP contribution in [0.4, 0.5) is 9.52 Å². The molecule has 29 heavy (non-hydrogen) atoms. The van der Waals surface area contributed by atoms with E-state index < -0.39 is 23.2 Å². The van der Waals surface area contributed by atoms with E-state index in [0.717, 1.165) is 11.1 Å². The van der Waals surface area contributed by atoms with Gasteiger partial charge in [-0.1, -0.05) is 24.3 Å². The predicted molar refractivity (Wildman–Crippen MR) is 105 cm³/mol. The van der Waals surface area contributed by atoms with Crippen LogP contribution in [0, 0.1) is 5.82 Å². The molecule has 1 amide bonds. The standard InChI is InChI=1S/C20H13FN4O3S/c1-2-14-23-24-20(29-14)25-16(10-4-3-7-22-9-10)15-17(26)12-8-11(21)5-6-13(12)28-18(15)19(25)27/h3-9,16H,2H2,1H3. The summed E-state index contributed by atoms with van der Waals surface area (Å²) in [6.07, 6.45) is 3.85. The fraction of sp³-hybridized carbons (Fsp3) is 0.150. The van der Waals surface area contributed by atoms with E-state index in [1.54, 1.807) is 24.5 Å². The molecule has 1 atom stereocenters. The van der Waals surface area contributed by atoms with Gasteiger partial charge in [-0.05, 0) is 36.2 Å². The molecule has 0 fully saturated rings. The molecule has 1 aliphatic heterocycles. The Morgan fingerprint density at radius 3 is 2.83 bits per heavy atom. The summed E-state index contributed by atoms with van der Waals surface area (Å²) in [7, 11) is 0. The van der Waals surface area contributed by atoms with E-state index in [1.807, 2.05) is 6.92 Å². The first-order chi connectivity index (χ1) is 14.1. The number of aromatic nitrogens is 3. The Hall–Kier alpha value is -3.46. The number of nitrogens with zero attached hydrogens (tertiary/aromatic N) is 4. The molecule has 0 radical (unpaired) electrons. The van der Waals surface area contributed by atoms with Gasteiger partial charge in [0.05, 0.1) is 17.0 Å². The van der Waals surface area contributed by atoms with Gasteiger partial charge in [-0.15, -0.1) is 10.2 Å². The minimum Gasteiger partial charge on any atom is -0.450 e. The van der Waals surface area contributed by atoms with E-state index in [1.165, 1.54) is 28.4 Å². The number of aryl methyl sites for hydroxylation is 1. The summed E-state index contributed by atoms with van der Waals surface area (Å²) in [6, 6.07) is 6.36. The van der Waals surface area contributed by atoms with Crippen LogP contribution in [0.3, 0.4) is 0 Å². The molecule has 0 spiro atoms. The van der Waals surface area contributed by atoms with Gasteiger partial charge in [-0.25, -0.2) is 4.39 Å². The largest absolute Gasteiger partial charge is 0.450 e. The molecule has 1 aliphatic rings. The molecule has 1 aromatic carbocycles. The van der Waals surface area contributed by atoms with Gasteiger partial charge >= 0.3 is 0 Å². The van der Waals surface area contributed by atoms with Crippen molar-refractivity contribution < 1.29 is 13.6 Å². The lowest BCUT2D eigenvalue weighted by molar-refractivity contribution is 0.0970. The number of hydrogen-bond donors (Lipinski definition) is 0. The maximum Gasteiger partial charge on any atom is 0.297 e. The first-order valence-corrected chi connectivity index (χ1v) is 9.72. The molecule has 4 heterocycles. The average Bonchev–Trinajstić information content (AvgIpc) is 3.32. The van der Waals surface area contributed by atoms with Crippen LogP contribution in [0.5, 0.6) is 0 Å². The Balaban J connectivity index is 1.81. The second-order valence-electron chi connectivity index (χ2n) is 6.51. The van der Waals surface area contributed by atoms with Crippen LogP contribution in [0.2, 0.25) is 0 Å². The van der Waals surface area contributed by atoms with Gasteiger partial charge < -0.3 is 4.42 Å². The number of carbonyl (C=O) groups is 1. The second kappa shape index (κ2) is 6.56. The van der Waals surface area contributed by atoms with E-state index >= 15 is 0 Å². The lowest BCUT2D eigenvalue weighted by Gasteiger charge is -2.21. The van der Waals surface area contributed by atoms with E-state index in [9.17, 15) is 14.0 Å². The molecular formula is C20H13FN4O3S. The zero-order valence-electron chi connectivity index (χ0n) is 15.1. The Labute approximate surface area is 167 Å². The Kier molecular flexibility index (Phi) is 3.99. The lowest BCUT2D eigenvalue weighted by atomic mass is 10.00. The molecule has 9 heteroatoms. The summed E-state index contributed by atoms with van der Waals surface area (Å²) >= 11 is 1.27. The Bertz CT molecular complexity index is 1320. The van der Waals surface area contributed by atoms with E-state index in [0.29, 0.717) is 17.1 Å². The number of halogens is 1. The number of fused-ring (bicyclic) bond motifs is 2. The van der Waals surface area contributed by atoms with Gasteiger partial charge in [0, 0.05) is 12.4 Å². The number of pyridine rings is 1. The van der Waals surface area contributed by atoms with Crippen LogP contribution >= 0.6 is 11.3 Å². The maximum atomic E-state index is 13.8. The fourth-order valence-electron chi connectivity index (χ4n) is 3.48. The minimum atomic E-state index is -0.784. The SMILES string of the molecule is CCc1nnc(N2C(=O)c3oc4ccc(F)cc4c(=O)c3C2c2cccnc2)s1. The summed E-state index contributed by atoms with van der Waals surface area (Å²) in [4.78, 5) is 32.1. The van der Waals surface area contributed by atoms with E-state index in [2.05, 4.69) is 15.2 Å². The smallest absolute Gasteiger partial charge is 0.297 e. The molecule has 0 aliphatic carbocycles. The minimum absolute atomic E-state index is 0.0730. The van der Waals surface area contributed by atoms with Gasteiger partial charge in [0.15, 0.2) is 5.43 Å². The van der Waals surface area contributed by atoms with Gasteiger partial charge in [-0.3, -0.25) is 19.5 Å². The molecule has 7 nitrogen and oxygen atoms in total. The summed E-state index contributed by atoms with van der Waals surface area (Å²) < 4.78 is 19.5. The van der Waals surface area contributed by atoms with Crippen LogP contribution in [-0.4, -0.2) is 21.1 Å². The topological polar surface area (TPSA) is 89.2 Å². The van der Waals surface area contributed by atoms with Crippen molar-refractivity contribution in [3.05, 3.63) is 80.7 Å². The molecule has 0 N–H and O–H groups in total. The maximum absolute atomic E-state index is 13.8.